The van der Waals surface area contributed by atoms with E-state index in [1.165, 1.54) is 7.11 Å². The molecular formula is C11H11ClN2O3. The van der Waals surface area contributed by atoms with Crippen molar-refractivity contribution in [2.75, 3.05) is 20.0 Å². The van der Waals surface area contributed by atoms with Gasteiger partial charge in [-0.15, -0.1) is 0 Å². The normalized spacial score (nSPS) is 10.3. The zero-order valence-electron chi connectivity index (χ0n) is 9.36. The molecule has 90 valence electrons. The fourth-order valence-electron chi connectivity index (χ4n) is 1.49. The van der Waals surface area contributed by atoms with E-state index < -0.39 is 0 Å². The lowest BCUT2D eigenvalue weighted by molar-refractivity contribution is 0.398. The van der Waals surface area contributed by atoms with Crippen molar-refractivity contribution in [1.29, 1.82) is 0 Å². The first-order valence-electron chi connectivity index (χ1n) is 4.79. The molecule has 0 unspecified atom stereocenters. The molecule has 6 heteroatoms. The molecule has 0 radical (unpaired) electrons. The molecule has 0 atom stereocenters. The van der Waals surface area contributed by atoms with Gasteiger partial charge in [0.1, 0.15) is 11.5 Å². The highest BCUT2D eigenvalue weighted by Gasteiger charge is 2.16. The van der Waals surface area contributed by atoms with Crippen LogP contribution in [0, 0.1) is 0 Å². The third kappa shape index (κ3) is 2.14. The van der Waals surface area contributed by atoms with Gasteiger partial charge in [0.2, 0.25) is 0 Å². The van der Waals surface area contributed by atoms with Gasteiger partial charge >= 0.3 is 0 Å². The minimum absolute atomic E-state index is 0.293. The lowest BCUT2D eigenvalue weighted by Gasteiger charge is -2.10. The molecule has 0 saturated heterocycles. The maximum Gasteiger partial charge on any atom is 0.172 e. The van der Waals surface area contributed by atoms with Crippen LogP contribution in [0.15, 0.2) is 22.7 Å². The number of methoxy groups -OCH3 is 2. The van der Waals surface area contributed by atoms with E-state index in [0.29, 0.717) is 33.7 Å². The predicted molar refractivity (Wildman–Crippen MR) is 64.5 cm³/mol. The number of nitrogens with two attached hydrogens (primary N) is 1. The molecule has 5 nitrogen and oxygen atoms in total. The molecular weight excluding hydrogens is 244 g/mol. The fraction of sp³-hybridized carbons (Fsp3) is 0.182. The Kier molecular flexibility index (Phi) is 3.10. The fourth-order valence-corrected chi connectivity index (χ4v) is 1.78. The predicted octanol–water partition coefficient (Wildman–Crippen LogP) is 2.59. The minimum atomic E-state index is 0.293. The van der Waals surface area contributed by atoms with Crippen LogP contribution in [0.3, 0.4) is 0 Å². The Hall–Kier alpha value is -1.88. The smallest absolute Gasteiger partial charge is 0.172 e. The van der Waals surface area contributed by atoms with Gasteiger partial charge in [0.05, 0.1) is 24.8 Å². The zero-order chi connectivity index (χ0) is 12.4. The van der Waals surface area contributed by atoms with Crippen molar-refractivity contribution >= 4 is 17.4 Å². The lowest BCUT2D eigenvalue weighted by atomic mass is 10.1. The highest BCUT2D eigenvalue weighted by Crippen LogP contribution is 2.39. The summed E-state index contributed by atoms with van der Waals surface area (Å²) in [7, 11) is 3.08. The summed E-state index contributed by atoms with van der Waals surface area (Å²) >= 11 is 6.07. The first-order valence-corrected chi connectivity index (χ1v) is 5.17. The molecule has 0 spiro atoms. The van der Waals surface area contributed by atoms with Gasteiger partial charge in [-0.05, 0) is 6.07 Å². The Morgan fingerprint density at radius 3 is 2.53 bits per heavy atom. The average molecular weight is 255 g/mol. The monoisotopic (exact) mass is 254 g/mol. The van der Waals surface area contributed by atoms with Gasteiger partial charge in [-0.1, -0.05) is 16.8 Å². The van der Waals surface area contributed by atoms with Crippen LogP contribution in [0.1, 0.15) is 0 Å². The van der Waals surface area contributed by atoms with E-state index in [-0.39, 0.29) is 0 Å². The summed E-state index contributed by atoms with van der Waals surface area (Å²) in [4.78, 5) is 0. The lowest BCUT2D eigenvalue weighted by Crippen LogP contribution is -1.91. The van der Waals surface area contributed by atoms with Gasteiger partial charge < -0.3 is 19.7 Å². The van der Waals surface area contributed by atoms with Gasteiger partial charge in [0.15, 0.2) is 11.6 Å². The number of halogens is 1. The van der Waals surface area contributed by atoms with Crippen LogP contribution in [-0.2, 0) is 0 Å². The second kappa shape index (κ2) is 4.55. The minimum Gasteiger partial charge on any atom is -0.497 e. The number of hydrogen-bond acceptors (Lipinski definition) is 5. The molecule has 0 aliphatic heterocycles. The number of anilines is 1. The Bertz CT molecular complexity index is 540. The van der Waals surface area contributed by atoms with Crippen molar-refractivity contribution in [1.82, 2.24) is 5.16 Å². The third-order valence-electron chi connectivity index (χ3n) is 2.25. The van der Waals surface area contributed by atoms with Gasteiger partial charge in [-0.3, -0.25) is 0 Å². The molecule has 2 aromatic rings. The molecule has 2 N–H and O–H groups in total. The second-order valence-corrected chi connectivity index (χ2v) is 3.71. The molecule has 0 aliphatic rings. The van der Waals surface area contributed by atoms with Crippen molar-refractivity contribution in [2.24, 2.45) is 0 Å². The van der Waals surface area contributed by atoms with Crippen molar-refractivity contribution in [3.05, 3.63) is 23.2 Å². The summed E-state index contributed by atoms with van der Waals surface area (Å²) in [5, 5.41) is 4.04. The quantitative estimate of drug-likeness (QED) is 0.912. The van der Waals surface area contributed by atoms with E-state index in [4.69, 9.17) is 31.3 Å². The Labute approximate surface area is 103 Å². The van der Waals surface area contributed by atoms with Crippen molar-refractivity contribution in [3.8, 4) is 22.8 Å². The summed E-state index contributed by atoms with van der Waals surface area (Å²) in [5.41, 5.74) is 6.15. The number of nitrogens with zero attached hydrogens (tertiary/aromatic N) is 1. The number of hydrogen-bond donors (Lipinski definition) is 1. The molecule has 1 aromatic heterocycles. The number of ether oxygens (including phenoxy) is 2. The van der Waals surface area contributed by atoms with Crippen LogP contribution in [-0.4, -0.2) is 19.4 Å². The molecule has 0 fully saturated rings. The first-order chi connectivity index (χ1) is 8.15. The van der Waals surface area contributed by atoms with Gasteiger partial charge in [0.25, 0.3) is 0 Å². The van der Waals surface area contributed by atoms with Gasteiger partial charge in [-0.2, -0.15) is 0 Å². The SMILES string of the molecule is COc1cc(Cl)c(OC)c(-c2cc(N)no2)c1. The average Bonchev–Trinajstić information content (AvgIpc) is 2.74. The molecule has 2 rings (SSSR count). The standard InChI is InChI=1S/C11H11ClN2O3/c1-15-6-3-7(9-5-10(13)14-17-9)11(16-2)8(12)4-6/h3-5H,1-2H3,(H2,13,14). The number of aromatic nitrogens is 1. The van der Waals surface area contributed by atoms with Crippen molar-refractivity contribution in [2.45, 2.75) is 0 Å². The van der Waals surface area contributed by atoms with E-state index in [1.807, 2.05) is 0 Å². The van der Waals surface area contributed by atoms with Crippen molar-refractivity contribution in [3.63, 3.8) is 0 Å². The van der Waals surface area contributed by atoms with E-state index in [1.54, 1.807) is 25.3 Å². The topological polar surface area (TPSA) is 70.5 Å². The van der Waals surface area contributed by atoms with Crippen LogP contribution >= 0.6 is 11.6 Å². The Morgan fingerprint density at radius 2 is 2.00 bits per heavy atom. The molecule has 0 aliphatic carbocycles. The Morgan fingerprint density at radius 1 is 1.24 bits per heavy atom. The molecule has 17 heavy (non-hydrogen) atoms. The van der Waals surface area contributed by atoms with E-state index in [2.05, 4.69) is 5.16 Å². The first kappa shape index (κ1) is 11.6. The molecule has 0 saturated carbocycles. The van der Waals surface area contributed by atoms with Gasteiger partial charge in [-0.25, -0.2) is 0 Å². The molecule has 0 bridgehead atoms. The summed E-state index contributed by atoms with van der Waals surface area (Å²) < 4.78 is 15.4. The number of rotatable bonds is 3. The largest absolute Gasteiger partial charge is 0.497 e. The van der Waals surface area contributed by atoms with Crippen LogP contribution in [0.4, 0.5) is 5.82 Å². The van der Waals surface area contributed by atoms with E-state index >= 15 is 0 Å². The summed E-state index contributed by atoms with van der Waals surface area (Å²) in [6, 6.07) is 4.99. The van der Waals surface area contributed by atoms with Crippen LogP contribution in [0.2, 0.25) is 5.02 Å². The second-order valence-electron chi connectivity index (χ2n) is 3.31. The van der Waals surface area contributed by atoms with E-state index in [9.17, 15) is 0 Å². The van der Waals surface area contributed by atoms with Crippen LogP contribution in [0.5, 0.6) is 11.5 Å². The number of nitrogen functional groups attached to an aromatic ring is 1. The molecule has 0 amide bonds. The highest BCUT2D eigenvalue weighted by molar-refractivity contribution is 6.32. The molecule has 1 heterocycles. The summed E-state index contributed by atoms with van der Waals surface area (Å²) in [6.45, 7) is 0. The maximum atomic E-state index is 6.07. The third-order valence-corrected chi connectivity index (χ3v) is 2.53. The zero-order valence-corrected chi connectivity index (χ0v) is 10.1. The number of benzene rings is 1. The van der Waals surface area contributed by atoms with Crippen LogP contribution < -0.4 is 15.2 Å². The molecule has 1 aromatic carbocycles. The van der Waals surface area contributed by atoms with Gasteiger partial charge in [0, 0.05) is 12.1 Å². The Balaban J connectivity index is 2.61. The maximum absolute atomic E-state index is 6.07. The summed E-state index contributed by atoms with van der Waals surface area (Å²) in [6.07, 6.45) is 0. The van der Waals surface area contributed by atoms with Crippen molar-refractivity contribution < 1.29 is 14.0 Å². The van der Waals surface area contributed by atoms with Crippen LogP contribution in [0.25, 0.3) is 11.3 Å². The highest BCUT2D eigenvalue weighted by atomic mass is 35.5. The van der Waals surface area contributed by atoms with E-state index in [0.717, 1.165) is 0 Å². The summed E-state index contributed by atoms with van der Waals surface area (Å²) in [5.74, 6) is 1.85.